The second-order valence-electron chi connectivity index (χ2n) is 3.47. The van der Waals surface area contributed by atoms with Crippen LogP contribution in [-0.4, -0.2) is 47.3 Å². The number of benzene rings is 1. The molecule has 0 aromatic heterocycles. The number of rotatable bonds is 5. The highest BCUT2D eigenvalue weighted by molar-refractivity contribution is 5.99. The highest BCUT2D eigenvalue weighted by Crippen LogP contribution is 2.15. The van der Waals surface area contributed by atoms with E-state index in [9.17, 15) is 9.18 Å². The summed E-state index contributed by atoms with van der Waals surface area (Å²) in [5.41, 5.74) is 5.78. The molecular formula is C11H15FN2O3. The maximum Gasteiger partial charge on any atom is 0.256 e. The van der Waals surface area contributed by atoms with Gasteiger partial charge in [-0.05, 0) is 18.2 Å². The molecule has 0 saturated heterocycles. The summed E-state index contributed by atoms with van der Waals surface area (Å²) in [6, 6.07) is 3.51. The van der Waals surface area contributed by atoms with Crippen LogP contribution in [0.2, 0.25) is 0 Å². The van der Waals surface area contributed by atoms with Crippen LogP contribution in [0, 0.1) is 5.82 Å². The van der Waals surface area contributed by atoms with Gasteiger partial charge in [-0.3, -0.25) is 4.79 Å². The van der Waals surface area contributed by atoms with Crippen molar-refractivity contribution in [1.82, 2.24) is 4.90 Å². The number of nitrogens with zero attached hydrogens (tertiary/aromatic N) is 1. The standard InChI is InChI=1S/C11H15FN2O3/c12-8-1-2-10(13)9(7-8)11(17)14(3-5-15)4-6-16/h1-2,7,15-16H,3-6,13H2. The fraction of sp³-hybridized carbons (Fsp3) is 0.364. The Morgan fingerprint density at radius 1 is 1.29 bits per heavy atom. The molecule has 0 unspecified atom stereocenters. The number of aliphatic hydroxyl groups is 2. The number of nitrogen functional groups attached to an aromatic ring is 1. The summed E-state index contributed by atoms with van der Waals surface area (Å²) in [5.74, 6) is -1.07. The minimum atomic E-state index is -0.560. The van der Waals surface area contributed by atoms with Crippen molar-refractivity contribution in [2.75, 3.05) is 32.0 Å². The molecule has 6 heteroatoms. The molecular weight excluding hydrogens is 227 g/mol. The summed E-state index contributed by atoms with van der Waals surface area (Å²) in [7, 11) is 0. The van der Waals surface area contributed by atoms with Crippen LogP contribution in [0.15, 0.2) is 18.2 Å². The van der Waals surface area contributed by atoms with Gasteiger partial charge in [0.25, 0.3) is 5.91 Å². The van der Waals surface area contributed by atoms with Gasteiger partial charge in [-0.2, -0.15) is 0 Å². The molecule has 0 aliphatic rings. The molecule has 1 amide bonds. The van der Waals surface area contributed by atoms with Crippen LogP contribution in [-0.2, 0) is 0 Å². The van der Waals surface area contributed by atoms with E-state index in [0.717, 1.165) is 12.1 Å². The Morgan fingerprint density at radius 2 is 1.88 bits per heavy atom. The van der Waals surface area contributed by atoms with Crippen molar-refractivity contribution in [2.45, 2.75) is 0 Å². The first kappa shape index (κ1) is 13.4. The van der Waals surface area contributed by atoms with Crippen molar-refractivity contribution in [1.29, 1.82) is 0 Å². The maximum absolute atomic E-state index is 13.0. The van der Waals surface area contributed by atoms with Crippen LogP contribution in [0.5, 0.6) is 0 Å². The van der Waals surface area contributed by atoms with E-state index >= 15 is 0 Å². The van der Waals surface area contributed by atoms with Crippen LogP contribution < -0.4 is 5.73 Å². The zero-order valence-electron chi connectivity index (χ0n) is 9.27. The molecule has 4 N–H and O–H groups in total. The van der Waals surface area contributed by atoms with E-state index in [4.69, 9.17) is 15.9 Å². The Kier molecular flexibility index (Phi) is 4.86. The van der Waals surface area contributed by atoms with Crippen LogP contribution in [0.1, 0.15) is 10.4 Å². The Morgan fingerprint density at radius 3 is 2.41 bits per heavy atom. The Labute approximate surface area is 98.3 Å². The quantitative estimate of drug-likeness (QED) is 0.626. The van der Waals surface area contributed by atoms with Gasteiger partial charge in [0.05, 0.1) is 18.8 Å². The topological polar surface area (TPSA) is 86.8 Å². The van der Waals surface area contributed by atoms with Crippen molar-refractivity contribution in [3.63, 3.8) is 0 Å². The highest BCUT2D eigenvalue weighted by atomic mass is 19.1. The van der Waals surface area contributed by atoms with Gasteiger partial charge in [-0.1, -0.05) is 0 Å². The summed E-state index contributed by atoms with van der Waals surface area (Å²) in [6.45, 7) is -0.341. The lowest BCUT2D eigenvalue weighted by molar-refractivity contribution is 0.0685. The van der Waals surface area contributed by atoms with E-state index in [1.54, 1.807) is 0 Å². The molecule has 0 heterocycles. The summed E-state index contributed by atoms with van der Waals surface area (Å²) >= 11 is 0. The average molecular weight is 242 g/mol. The SMILES string of the molecule is Nc1ccc(F)cc1C(=O)N(CCO)CCO. The second-order valence-corrected chi connectivity index (χ2v) is 3.47. The average Bonchev–Trinajstić information content (AvgIpc) is 2.31. The first-order valence-electron chi connectivity index (χ1n) is 5.16. The lowest BCUT2D eigenvalue weighted by Gasteiger charge is -2.21. The van der Waals surface area contributed by atoms with Gasteiger partial charge in [0, 0.05) is 18.8 Å². The van der Waals surface area contributed by atoms with E-state index in [1.165, 1.54) is 11.0 Å². The van der Waals surface area contributed by atoms with Gasteiger partial charge >= 0.3 is 0 Å². The molecule has 0 spiro atoms. The van der Waals surface area contributed by atoms with Crippen molar-refractivity contribution in [2.24, 2.45) is 0 Å². The van der Waals surface area contributed by atoms with Gasteiger partial charge in [-0.25, -0.2) is 4.39 Å². The molecule has 17 heavy (non-hydrogen) atoms. The fourth-order valence-electron chi connectivity index (χ4n) is 1.44. The fourth-order valence-corrected chi connectivity index (χ4v) is 1.44. The van der Waals surface area contributed by atoms with Crippen molar-refractivity contribution >= 4 is 11.6 Å². The largest absolute Gasteiger partial charge is 0.398 e. The predicted molar refractivity (Wildman–Crippen MR) is 60.9 cm³/mol. The van der Waals surface area contributed by atoms with Gasteiger partial charge < -0.3 is 20.8 Å². The number of carbonyl (C=O) groups excluding carboxylic acids is 1. The number of anilines is 1. The third kappa shape index (κ3) is 3.40. The molecule has 0 bridgehead atoms. The van der Waals surface area contributed by atoms with E-state index in [-0.39, 0.29) is 37.6 Å². The molecule has 0 radical (unpaired) electrons. The third-order valence-electron chi connectivity index (χ3n) is 2.27. The second kappa shape index (κ2) is 6.17. The molecule has 0 atom stereocenters. The normalized spacial score (nSPS) is 10.3. The monoisotopic (exact) mass is 242 g/mol. The minimum absolute atomic E-state index is 0.0342. The first-order chi connectivity index (χ1) is 8.10. The molecule has 0 aliphatic carbocycles. The number of carbonyl (C=O) groups is 1. The molecule has 1 aromatic carbocycles. The van der Waals surface area contributed by atoms with Crippen molar-refractivity contribution in [3.05, 3.63) is 29.6 Å². The lowest BCUT2D eigenvalue weighted by Crippen LogP contribution is -2.36. The number of halogens is 1. The van der Waals surface area contributed by atoms with Gasteiger partial charge in [0.15, 0.2) is 0 Å². The first-order valence-corrected chi connectivity index (χ1v) is 5.16. The van der Waals surface area contributed by atoms with Gasteiger partial charge in [0.2, 0.25) is 0 Å². The number of hydrogen-bond acceptors (Lipinski definition) is 4. The Balaban J connectivity index is 2.95. The number of amides is 1. The molecule has 94 valence electrons. The van der Waals surface area contributed by atoms with Crippen molar-refractivity contribution < 1.29 is 19.4 Å². The third-order valence-corrected chi connectivity index (χ3v) is 2.27. The molecule has 1 rings (SSSR count). The minimum Gasteiger partial charge on any atom is -0.398 e. The van der Waals surface area contributed by atoms with Crippen LogP contribution in [0.3, 0.4) is 0 Å². The highest BCUT2D eigenvalue weighted by Gasteiger charge is 2.17. The Bertz CT molecular complexity index is 392. The van der Waals surface area contributed by atoms with E-state index < -0.39 is 11.7 Å². The van der Waals surface area contributed by atoms with E-state index in [0.29, 0.717) is 0 Å². The summed E-state index contributed by atoms with van der Waals surface area (Å²) in [6.07, 6.45) is 0. The van der Waals surface area contributed by atoms with Crippen LogP contribution in [0.4, 0.5) is 10.1 Å². The van der Waals surface area contributed by atoms with E-state index in [2.05, 4.69) is 0 Å². The zero-order chi connectivity index (χ0) is 12.8. The molecule has 0 saturated carbocycles. The summed E-state index contributed by atoms with van der Waals surface area (Å²) in [4.78, 5) is 13.2. The molecule has 0 fully saturated rings. The zero-order valence-corrected chi connectivity index (χ0v) is 9.27. The summed E-state index contributed by atoms with van der Waals surface area (Å²) < 4.78 is 13.0. The van der Waals surface area contributed by atoms with Crippen LogP contribution in [0.25, 0.3) is 0 Å². The smallest absolute Gasteiger partial charge is 0.256 e. The predicted octanol–water partition coefficient (Wildman–Crippen LogP) is -0.165. The van der Waals surface area contributed by atoms with Gasteiger partial charge in [-0.15, -0.1) is 0 Å². The lowest BCUT2D eigenvalue weighted by atomic mass is 10.1. The number of aliphatic hydroxyl groups excluding tert-OH is 2. The van der Waals surface area contributed by atoms with E-state index in [1.807, 2.05) is 0 Å². The molecule has 1 aromatic rings. The number of nitrogens with two attached hydrogens (primary N) is 1. The van der Waals surface area contributed by atoms with Crippen LogP contribution >= 0.6 is 0 Å². The summed E-state index contributed by atoms with van der Waals surface area (Å²) in [5, 5.41) is 17.6. The number of hydrogen-bond donors (Lipinski definition) is 3. The van der Waals surface area contributed by atoms with Gasteiger partial charge in [0.1, 0.15) is 5.82 Å². The van der Waals surface area contributed by atoms with Crippen molar-refractivity contribution in [3.8, 4) is 0 Å². The Hall–Kier alpha value is -1.66. The maximum atomic E-state index is 13.0. The molecule has 5 nitrogen and oxygen atoms in total. The molecule has 0 aliphatic heterocycles.